The minimum Gasteiger partial charge on any atom is -0.399 e. The van der Waals surface area contributed by atoms with Crippen molar-refractivity contribution >= 4 is 17.2 Å². The van der Waals surface area contributed by atoms with E-state index in [1.807, 2.05) is 13.0 Å². The Labute approximate surface area is 179 Å². The first-order valence-corrected chi connectivity index (χ1v) is 10.9. The molecule has 2 aromatic rings. The van der Waals surface area contributed by atoms with Crippen molar-refractivity contribution in [2.24, 2.45) is 11.1 Å². The molecule has 0 aliphatic heterocycles. The Kier molecular flexibility index (Phi) is 5.27. The quantitative estimate of drug-likeness (QED) is 0.693. The van der Waals surface area contributed by atoms with Crippen LogP contribution in [0.3, 0.4) is 0 Å². The maximum absolute atomic E-state index is 12.8. The third-order valence-electron chi connectivity index (χ3n) is 6.54. The number of carbonyl (C=O) groups excluding carboxylic acids is 1. The van der Waals surface area contributed by atoms with Crippen molar-refractivity contribution in [2.45, 2.75) is 71.4 Å². The van der Waals surface area contributed by atoms with Gasteiger partial charge in [0.25, 0.3) is 0 Å². The van der Waals surface area contributed by atoms with Crippen molar-refractivity contribution in [2.75, 3.05) is 5.32 Å². The molecule has 0 amide bonds. The predicted octanol–water partition coefficient (Wildman–Crippen LogP) is 4.59. The molecule has 1 aromatic heterocycles. The zero-order valence-electron chi connectivity index (χ0n) is 18.3. The molecule has 5 heteroatoms. The van der Waals surface area contributed by atoms with E-state index < -0.39 is 0 Å². The molecule has 0 bridgehead atoms. The Morgan fingerprint density at radius 3 is 2.60 bits per heavy atom. The standard InChI is InChI=1S/C25H33N3O2/c1-15-14-28(22-12-25(3,4)13-23(30)24(15)22)18-7-10-20(16(2)26)21(11-18)27-17-5-8-19(29)9-6-17/h7,10-11,14,17,19,27,29H,2,5-6,8-9,12-13,26H2,1,3-4H3. The molecule has 0 spiro atoms. The van der Waals surface area contributed by atoms with Crippen molar-refractivity contribution in [1.29, 1.82) is 0 Å². The van der Waals surface area contributed by atoms with Gasteiger partial charge in [0.1, 0.15) is 0 Å². The molecular formula is C25H33N3O2. The smallest absolute Gasteiger partial charge is 0.165 e. The van der Waals surface area contributed by atoms with Crippen LogP contribution in [0.5, 0.6) is 0 Å². The summed E-state index contributed by atoms with van der Waals surface area (Å²) in [5.74, 6) is 0.239. The number of nitrogens with zero attached hydrogens (tertiary/aromatic N) is 1. The SMILES string of the molecule is C=C(N)c1ccc(-n2cc(C)c3c2CC(C)(C)CC3=O)cc1NC1CCC(O)CC1. The lowest BCUT2D eigenvalue weighted by atomic mass is 9.75. The number of benzene rings is 1. The number of nitrogens with two attached hydrogens (primary N) is 1. The van der Waals surface area contributed by atoms with Crippen molar-refractivity contribution in [1.82, 2.24) is 4.57 Å². The molecule has 2 aliphatic carbocycles. The Morgan fingerprint density at radius 1 is 1.23 bits per heavy atom. The number of Topliss-reactive ketones (excluding diaryl/α,β-unsaturated/α-hetero) is 1. The lowest BCUT2D eigenvalue weighted by Gasteiger charge is -2.30. The van der Waals surface area contributed by atoms with Gasteiger partial charge in [0.15, 0.2) is 5.78 Å². The fourth-order valence-corrected chi connectivity index (χ4v) is 5.03. The fraction of sp³-hybridized carbons (Fsp3) is 0.480. The van der Waals surface area contributed by atoms with E-state index in [0.717, 1.165) is 65.9 Å². The number of hydrogen-bond acceptors (Lipinski definition) is 4. The van der Waals surface area contributed by atoms with Gasteiger partial charge in [-0.3, -0.25) is 4.79 Å². The number of aliphatic hydroxyl groups excluding tert-OH is 1. The first-order chi connectivity index (χ1) is 14.1. The molecule has 1 saturated carbocycles. The number of aryl methyl sites for hydroxylation is 1. The van der Waals surface area contributed by atoms with Gasteiger partial charge in [-0.05, 0) is 68.2 Å². The van der Waals surface area contributed by atoms with Crippen LogP contribution in [0.4, 0.5) is 5.69 Å². The van der Waals surface area contributed by atoms with E-state index in [1.54, 1.807) is 0 Å². The van der Waals surface area contributed by atoms with Gasteiger partial charge in [0.05, 0.1) is 6.10 Å². The molecule has 0 atom stereocenters. The number of nitrogens with one attached hydrogen (secondary N) is 1. The van der Waals surface area contributed by atoms with Gasteiger partial charge in [0.2, 0.25) is 0 Å². The van der Waals surface area contributed by atoms with Gasteiger partial charge in [-0.15, -0.1) is 0 Å². The maximum atomic E-state index is 12.8. The predicted molar refractivity (Wildman–Crippen MR) is 122 cm³/mol. The summed E-state index contributed by atoms with van der Waals surface area (Å²) >= 11 is 0. The van der Waals surface area contributed by atoms with Crippen LogP contribution in [0.1, 0.15) is 73.1 Å². The van der Waals surface area contributed by atoms with Crippen LogP contribution in [-0.2, 0) is 6.42 Å². The third kappa shape index (κ3) is 3.91. The minimum atomic E-state index is -0.186. The second-order valence-electron chi connectivity index (χ2n) is 9.85. The molecule has 2 aliphatic rings. The highest BCUT2D eigenvalue weighted by atomic mass is 16.3. The van der Waals surface area contributed by atoms with Crippen LogP contribution in [0.25, 0.3) is 11.4 Å². The number of fused-ring (bicyclic) bond motifs is 1. The lowest BCUT2D eigenvalue weighted by molar-refractivity contribution is 0.0910. The van der Waals surface area contributed by atoms with Crippen LogP contribution in [0, 0.1) is 12.3 Å². The number of hydrogen-bond donors (Lipinski definition) is 3. The number of rotatable bonds is 4. The number of anilines is 1. The monoisotopic (exact) mass is 407 g/mol. The summed E-state index contributed by atoms with van der Waals surface area (Å²) in [7, 11) is 0. The molecule has 0 radical (unpaired) electrons. The zero-order chi connectivity index (χ0) is 21.6. The molecule has 1 aromatic carbocycles. The summed E-state index contributed by atoms with van der Waals surface area (Å²) in [5.41, 5.74) is 12.5. The van der Waals surface area contributed by atoms with Crippen LogP contribution in [0.15, 0.2) is 31.0 Å². The summed E-state index contributed by atoms with van der Waals surface area (Å²) in [6.45, 7) is 10.3. The van der Waals surface area contributed by atoms with Crippen LogP contribution in [-0.4, -0.2) is 27.6 Å². The maximum Gasteiger partial charge on any atom is 0.165 e. The van der Waals surface area contributed by atoms with E-state index in [1.165, 1.54) is 0 Å². The van der Waals surface area contributed by atoms with Gasteiger partial charge in [-0.25, -0.2) is 0 Å². The van der Waals surface area contributed by atoms with Gasteiger partial charge in [0, 0.05) is 52.6 Å². The van der Waals surface area contributed by atoms with Gasteiger partial charge >= 0.3 is 0 Å². The summed E-state index contributed by atoms with van der Waals surface area (Å²) in [6.07, 6.45) is 6.86. The number of carbonyl (C=O) groups is 1. The molecule has 1 heterocycles. The summed E-state index contributed by atoms with van der Waals surface area (Å²) in [6, 6.07) is 6.48. The molecule has 160 valence electrons. The Morgan fingerprint density at radius 2 is 1.93 bits per heavy atom. The largest absolute Gasteiger partial charge is 0.399 e. The second kappa shape index (κ2) is 7.62. The molecule has 0 unspecified atom stereocenters. The van der Waals surface area contributed by atoms with Crippen molar-refractivity contribution in [3.63, 3.8) is 0 Å². The first kappa shape index (κ1) is 20.7. The van der Waals surface area contributed by atoms with Crippen LogP contribution in [0.2, 0.25) is 0 Å². The summed E-state index contributed by atoms with van der Waals surface area (Å²) < 4.78 is 2.17. The van der Waals surface area contributed by atoms with Crippen molar-refractivity contribution < 1.29 is 9.90 Å². The summed E-state index contributed by atoms with van der Waals surface area (Å²) in [4.78, 5) is 12.8. The van der Waals surface area contributed by atoms with Crippen molar-refractivity contribution in [3.8, 4) is 5.69 Å². The first-order valence-electron chi connectivity index (χ1n) is 10.9. The molecular weight excluding hydrogens is 374 g/mol. The highest BCUT2D eigenvalue weighted by Gasteiger charge is 2.34. The average Bonchev–Trinajstić information content (AvgIpc) is 2.98. The lowest BCUT2D eigenvalue weighted by Crippen LogP contribution is -2.29. The number of aliphatic hydroxyl groups is 1. The fourth-order valence-electron chi connectivity index (χ4n) is 5.03. The number of aromatic nitrogens is 1. The topological polar surface area (TPSA) is 80.3 Å². The molecule has 4 rings (SSSR count). The molecule has 30 heavy (non-hydrogen) atoms. The van der Waals surface area contributed by atoms with Crippen LogP contribution < -0.4 is 11.1 Å². The molecule has 5 nitrogen and oxygen atoms in total. The average molecular weight is 408 g/mol. The molecule has 0 saturated heterocycles. The van der Waals surface area contributed by atoms with Gasteiger partial charge in [-0.2, -0.15) is 0 Å². The van der Waals surface area contributed by atoms with Gasteiger partial charge < -0.3 is 20.7 Å². The highest BCUT2D eigenvalue weighted by Crippen LogP contribution is 2.38. The second-order valence-corrected chi connectivity index (χ2v) is 9.85. The highest BCUT2D eigenvalue weighted by molar-refractivity contribution is 6.00. The van der Waals surface area contributed by atoms with Crippen LogP contribution >= 0.6 is 0 Å². The Balaban J connectivity index is 1.73. The van der Waals surface area contributed by atoms with Crippen molar-refractivity contribution in [3.05, 3.63) is 53.4 Å². The summed E-state index contributed by atoms with van der Waals surface area (Å²) in [5, 5.41) is 13.5. The molecule has 1 fully saturated rings. The number of ketones is 1. The Bertz CT molecular complexity index is 994. The van der Waals surface area contributed by atoms with E-state index in [0.29, 0.717) is 18.2 Å². The van der Waals surface area contributed by atoms with E-state index in [-0.39, 0.29) is 17.3 Å². The van der Waals surface area contributed by atoms with E-state index >= 15 is 0 Å². The Hall–Kier alpha value is -2.53. The third-order valence-corrected chi connectivity index (χ3v) is 6.54. The van der Waals surface area contributed by atoms with Gasteiger partial charge in [-0.1, -0.05) is 20.4 Å². The van der Waals surface area contributed by atoms with E-state index in [2.05, 4.69) is 48.6 Å². The van der Waals surface area contributed by atoms with E-state index in [9.17, 15) is 9.90 Å². The molecule has 4 N–H and O–H groups in total. The zero-order valence-corrected chi connectivity index (χ0v) is 18.3. The minimum absolute atomic E-state index is 0.0396. The van der Waals surface area contributed by atoms with E-state index in [4.69, 9.17) is 5.73 Å². The normalized spacial score (nSPS) is 23.1.